The lowest BCUT2D eigenvalue weighted by molar-refractivity contribution is 0.111. The van der Waals surface area contributed by atoms with E-state index in [2.05, 4.69) is 23.2 Å². The van der Waals surface area contributed by atoms with Crippen LogP contribution < -0.4 is 0 Å². The summed E-state index contributed by atoms with van der Waals surface area (Å²) in [5.41, 5.74) is 4.55. The van der Waals surface area contributed by atoms with Crippen molar-refractivity contribution in [1.82, 2.24) is 4.98 Å². The van der Waals surface area contributed by atoms with Crippen molar-refractivity contribution in [3.05, 3.63) is 78.5 Å². The summed E-state index contributed by atoms with van der Waals surface area (Å²) < 4.78 is 0. The maximum atomic E-state index is 10.9. The smallest absolute Gasteiger partial charge is 0.168 e. The van der Waals surface area contributed by atoms with Gasteiger partial charge in [0, 0.05) is 5.56 Å². The van der Waals surface area contributed by atoms with Crippen LogP contribution in [-0.2, 0) is 0 Å². The third-order valence-corrected chi connectivity index (χ3v) is 3.18. The zero-order chi connectivity index (χ0) is 13.8. The normalized spacial score (nSPS) is 10.2. The Morgan fingerprint density at radius 1 is 0.700 bits per heavy atom. The molecular weight excluding hydrogens is 246 g/mol. The largest absolute Gasteiger partial charge is 0.296 e. The zero-order valence-corrected chi connectivity index (χ0v) is 10.9. The molecule has 0 spiro atoms. The Kier molecular flexibility index (Phi) is 3.38. The van der Waals surface area contributed by atoms with Gasteiger partial charge < -0.3 is 0 Å². The number of carbonyl (C=O) groups excluding carboxylic acids is 1. The summed E-state index contributed by atoms with van der Waals surface area (Å²) in [5.74, 6) is 0. The predicted molar refractivity (Wildman–Crippen MR) is 80.5 cm³/mol. The molecule has 0 saturated carbocycles. The Morgan fingerprint density at radius 3 is 2.15 bits per heavy atom. The summed E-state index contributed by atoms with van der Waals surface area (Å²) in [6.07, 6.45) is 0.772. The highest BCUT2D eigenvalue weighted by molar-refractivity contribution is 5.83. The molecule has 96 valence electrons. The van der Waals surface area contributed by atoms with Gasteiger partial charge >= 0.3 is 0 Å². The summed E-state index contributed by atoms with van der Waals surface area (Å²) in [6, 6.07) is 23.8. The van der Waals surface area contributed by atoms with Gasteiger partial charge in [0.25, 0.3) is 0 Å². The summed E-state index contributed by atoms with van der Waals surface area (Å²) in [5, 5.41) is 0. The Morgan fingerprint density at radius 2 is 1.40 bits per heavy atom. The molecule has 20 heavy (non-hydrogen) atoms. The number of aromatic nitrogens is 1. The van der Waals surface area contributed by atoms with Gasteiger partial charge in [-0.15, -0.1) is 0 Å². The highest BCUT2D eigenvalue weighted by Gasteiger charge is 2.08. The van der Waals surface area contributed by atoms with Crippen molar-refractivity contribution in [3.8, 4) is 22.4 Å². The van der Waals surface area contributed by atoms with Crippen LogP contribution in [0, 0.1) is 0 Å². The third-order valence-electron chi connectivity index (χ3n) is 3.18. The summed E-state index contributed by atoms with van der Waals surface area (Å²) in [6.45, 7) is 0. The first-order valence-electron chi connectivity index (χ1n) is 6.45. The molecule has 1 aromatic heterocycles. The van der Waals surface area contributed by atoms with Gasteiger partial charge in [0.2, 0.25) is 0 Å². The van der Waals surface area contributed by atoms with Gasteiger partial charge in [-0.2, -0.15) is 0 Å². The molecule has 2 nitrogen and oxygen atoms in total. The number of hydrogen-bond acceptors (Lipinski definition) is 2. The quantitative estimate of drug-likeness (QED) is 0.659. The van der Waals surface area contributed by atoms with Crippen LogP contribution in [0.15, 0.2) is 72.8 Å². The van der Waals surface area contributed by atoms with Crippen molar-refractivity contribution >= 4 is 6.29 Å². The fourth-order valence-electron chi connectivity index (χ4n) is 2.24. The number of benzene rings is 2. The van der Waals surface area contributed by atoms with Crippen LogP contribution in [0.1, 0.15) is 10.5 Å². The van der Waals surface area contributed by atoms with Crippen LogP contribution in [0.2, 0.25) is 0 Å². The van der Waals surface area contributed by atoms with E-state index in [9.17, 15) is 4.79 Å². The highest BCUT2D eigenvalue weighted by atomic mass is 16.1. The van der Waals surface area contributed by atoms with E-state index in [4.69, 9.17) is 0 Å². The lowest BCUT2D eigenvalue weighted by atomic mass is 9.97. The van der Waals surface area contributed by atoms with Gasteiger partial charge in [0.1, 0.15) is 5.69 Å². The Bertz CT molecular complexity index is 735. The Labute approximate surface area is 117 Å². The first kappa shape index (κ1) is 12.3. The van der Waals surface area contributed by atoms with Gasteiger partial charge in [-0.1, -0.05) is 60.7 Å². The Balaban J connectivity index is 2.17. The molecule has 2 heteroatoms. The molecule has 0 saturated heterocycles. The fourth-order valence-corrected chi connectivity index (χ4v) is 2.24. The topological polar surface area (TPSA) is 30.0 Å². The number of pyridine rings is 1. The van der Waals surface area contributed by atoms with Crippen molar-refractivity contribution in [3.63, 3.8) is 0 Å². The average molecular weight is 259 g/mol. The molecular formula is C18H13NO. The fraction of sp³-hybridized carbons (Fsp3) is 0. The lowest BCUT2D eigenvalue weighted by Gasteiger charge is -2.09. The van der Waals surface area contributed by atoms with Crippen molar-refractivity contribution < 1.29 is 4.79 Å². The minimum Gasteiger partial charge on any atom is -0.296 e. The van der Waals surface area contributed by atoms with Crippen LogP contribution in [-0.4, -0.2) is 11.3 Å². The van der Waals surface area contributed by atoms with E-state index in [1.807, 2.05) is 48.5 Å². The van der Waals surface area contributed by atoms with Gasteiger partial charge in [0.05, 0.1) is 5.69 Å². The second-order valence-electron chi connectivity index (χ2n) is 4.48. The average Bonchev–Trinajstić information content (AvgIpc) is 2.56. The van der Waals surface area contributed by atoms with Crippen molar-refractivity contribution in [2.75, 3.05) is 0 Å². The molecule has 0 fully saturated rings. The molecule has 0 radical (unpaired) electrons. The minimum absolute atomic E-state index is 0.449. The molecule has 1 heterocycles. The van der Waals surface area contributed by atoms with Crippen molar-refractivity contribution in [1.29, 1.82) is 0 Å². The molecule has 0 aliphatic heterocycles. The summed E-state index contributed by atoms with van der Waals surface area (Å²) >= 11 is 0. The van der Waals surface area contributed by atoms with E-state index >= 15 is 0 Å². The molecule has 0 atom stereocenters. The molecule has 0 N–H and O–H groups in total. The third kappa shape index (κ3) is 2.36. The van der Waals surface area contributed by atoms with Gasteiger partial charge in [-0.3, -0.25) is 4.79 Å². The molecule has 0 aliphatic rings. The second kappa shape index (κ2) is 5.49. The number of hydrogen-bond donors (Lipinski definition) is 0. The highest BCUT2D eigenvalue weighted by Crippen LogP contribution is 2.30. The molecule has 0 aliphatic carbocycles. The van der Waals surface area contributed by atoms with Crippen molar-refractivity contribution in [2.24, 2.45) is 0 Å². The molecule has 0 bridgehead atoms. The molecule has 3 aromatic rings. The summed E-state index contributed by atoms with van der Waals surface area (Å²) in [7, 11) is 0. The van der Waals surface area contributed by atoms with E-state index in [0.29, 0.717) is 5.69 Å². The van der Waals surface area contributed by atoms with E-state index in [1.165, 1.54) is 0 Å². The second-order valence-corrected chi connectivity index (χ2v) is 4.48. The Hall–Kier alpha value is -2.74. The molecule has 3 rings (SSSR count). The van der Waals surface area contributed by atoms with Crippen LogP contribution in [0.3, 0.4) is 0 Å². The monoisotopic (exact) mass is 259 g/mol. The van der Waals surface area contributed by atoms with Gasteiger partial charge in [-0.25, -0.2) is 4.98 Å². The SMILES string of the molecule is O=Cc1cccc(-c2ccccc2-c2ccccc2)n1. The van der Waals surface area contributed by atoms with Crippen LogP contribution in [0.4, 0.5) is 0 Å². The van der Waals surface area contributed by atoms with Crippen LogP contribution >= 0.6 is 0 Å². The number of nitrogens with zero attached hydrogens (tertiary/aromatic N) is 1. The van der Waals surface area contributed by atoms with E-state index in [1.54, 1.807) is 6.07 Å². The minimum atomic E-state index is 0.449. The van der Waals surface area contributed by atoms with Crippen molar-refractivity contribution in [2.45, 2.75) is 0 Å². The van der Waals surface area contributed by atoms with Crippen LogP contribution in [0.25, 0.3) is 22.4 Å². The maximum Gasteiger partial charge on any atom is 0.168 e. The van der Waals surface area contributed by atoms with E-state index in [-0.39, 0.29) is 0 Å². The first-order valence-corrected chi connectivity index (χ1v) is 6.45. The number of rotatable bonds is 3. The lowest BCUT2D eigenvalue weighted by Crippen LogP contribution is -1.91. The molecule has 0 unspecified atom stereocenters. The molecule has 2 aromatic carbocycles. The number of aldehydes is 1. The van der Waals surface area contributed by atoms with E-state index in [0.717, 1.165) is 28.7 Å². The maximum absolute atomic E-state index is 10.9. The standard InChI is InChI=1S/C18H13NO/c20-13-15-9-6-12-18(19-15)17-11-5-4-10-16(17)14-7-2-1-3-8-14/h1-13H. The van der Waals surface area contributed by atoms with Gasteiger partial charge in [-0.05, 0) is 23.3 Å². The predicted octanol–water partition coefficient (Wildman–Crippen LogP) is 4.23. The van der Waals surface area contributed by atoms with Gasteiger partial charge in [0.15, 0.2) is 6.29 Å². The summed E-state index contributed by atoms with van der Waals surface area (Å²) in [4.78, 5) is 15.3. The zero-order valence-electron chi connectivity index (χ0n) is 10.9. The number of carbonyl (C=O) groups is 1. The van der Waals surface area contributed by atoms with Crippen LogP contribution in [0.5, 0.6) is 0 Å². The first-order chi connectivity index (χ1) is 9.88. The van der Waals surface area contributed by atoms with E-state index < -0.39 is 0 Å². The molecule has 0 amide bonds.